The zero-order chi connectivity index (χ0) is 21.0. The van der Waals surface area contributed by atoms with E-state index in [0.29, 0.717) is 24.3 Å². The molecule has 3 N–H and O–H groups in total. The minimum Gasteiger partial charge on any atom is -0.481 e. The number of aliphatic carboxylic acids is 1. The van der Waals surface area contributed by atoms with Gasteiger partial charge in [-0.2, -0.15) is 0 Å². The first-order chi connectivity index (χ1) is 13.8. The van der Waals surface area contributed by atoms with Gasteiger partial charge in [0.25, 0.3) is 0 Å². The molecule has 2 aromatic rings. The van der Waals surface area contributed by atoms with Crippen molar-refractivity contribution in [3.8, 4) is 0 Å². The number of rotatable bonds is 8. The smallest absolute Gasteiger partial charge is 0.303 e. The van der Waals surface area contributed by atoms with E-state index in [1.165, 1.54) is 22.9 Å². The van der Waals surface area contributed by atoms with Crippen LogP contribution in [0, 0.1) is 12.7 Å². The van der Waals surface area contributed by atoms with Gasteiger partial charge in [-0.05, 0) is 67.5 Å². The van der Waals surface area contributed by atoms with Gasteiger partial charge in [0.1, 0.15) is 5.82 Å². The molecule has 1 heterocycles. The second-order valence-corrected chi connectivity index (χ2v) is 7.81. The van der Waals surface area contributed by atoms with Gasteiger partial charge in [0.2, 0.25) is 0 Å². The number of aliphatic hydroxyl groups excluding tert-OH is 1. The number of halogens is 1. The van der Waals surface area contributed by atoms with E-state index >= 15 is 0 Å². The first-order valence-electron chi connectivity index (χ1n) is 10.1. The third-order valence-corrected chi connectivity index (χ3v) is 5.45. The molecule has 3 rings (SSSR count). The van der Waals surface area contributed by atoms with E-state index in [9.17, 15) is 14.3 Å². The summed E-state index contributed by atoms with van der Waals surface area (Å²) in [6.45, 7) is 6.04. The number of benzene rings is 2. The molecule has 0 aromatic heterocycles. The predicted molar refractivity (Wildman–Crippen MR) is 113 cm³/mol. The highest BCUT2D eigenvalue weighted by atomic mass is 19.1. The number of nitrogens with one attached hydrogen (secondary N) is 1. The van der Waals surface area contributed by atoms with Crippen LogP contribution in [0.15, 0.2) is 30.3 Å². The van der Waals surface area contributed by atoms with Crippen molar-refractivity contribution in [3.05, 3.63) is 58.4 Å². The summed E-state index contributed by atoms with van der Waals surface area (Å²) in [5.74, 6) is -1.32. The summed E-state index contributed by atoms with van der Waals surface area (Å²) in [4.78, 5) is 12.9. The van der Waals surface area contributed by atoms with E-state index < -0.39 is 5.97 Å². The van der Waals surface area contributed by atoms with Crippen molar-refractivity contribution in [3.63, 3.8) is 0 Å². The number of carboxylic acids is 1. The normalized spacial score (nSPS) is 14.4. The summed E-state index contributed by atoms with van der Waals surface area (Å²) in [7, 11) is 0. The van der Waals surface area contributed by atoms with Gasteiger partial charge >= 0.3 is 5.97 Å². The Balaban J connectivity index is 1.73. The van der Waals surface area contributed by atoms with Crippen LogP contribution in [0.3, 0.4) is 0 Å². The Kier molecular flexibility index (Phi) is 6.75. The van der Waals surface area contributed by atoms with Crippen LogP contribution in [0.1, 0.15) is 42.0 Å². The fourth-order valence-electron chi connectivity index (χ4n) is 4.00. The summed E-state index contributed by atoms with van der Waals surface area (Å²) >= 11 is 0. The van der Waals surface area contributed by atoms with Crippen LogP contribution in [-0.2, 0) is 24.2 Å². The molecule has 0 radical (unpaired) electrons. The maximum Gasteiger partial charge on any atom is 0.303 e. The van der Waals surface area contributed by atoms with Crippen molar-refractivity contribution in [1.82, 2.24) is 0 Å². The zero-order valence-corrected chi connectivity index (χ0v) is 17.0. The highest BCUT2D eigenvalue weighted by Crippen LogP contribution is 2.33. The second-order valence-electron chi connectivity index (χ2n) is 7.81. The van der Waals surface area contributed by atoms with Gasteiger partial charge < -0.3 is 20.4 Å². The number of carbonyl (C=O) groups is 1. The van der Waals surface area contributed by atoms with Gasteiger partial charge in [-0.25, -0.2) is 4.39 Å². The first-order valence-corrected chi connectivity index (χ1v) is 10.1. The van der Waals surface area contributed by atoms with Crippen LogP contribution in [0.25, 0.3) is 0 Å². The predicted octanol–water partition coefficient (Wildman–Crippen LogP) is 3.90. The van der Waals surface area contributed by atoms with Crippen LogP contribution in [0.2, 0.25) is 0 Å². The largest absolute Gasteiger partial charge is 0.481 e. The summed E-state index contributed by atoms with van der Waals surface area (Å²) in [5.41, 5.74) is 5.93. The van der Waals surface area contributed by atoms with Crippen molar-refractivity contribution in [2.45, 2.75) is 52.2 Å². The maximum atomic E-state index is 14.2. The lowest BCUT2D eigenvalue weighted by molar-refractivity contribution is -0.136. The lowest BCUT2D eigenvalue weighted by Crippen LogP contribution is -2.36. The Hall–Kier alpha value is -2.60. The quantitative estimate of drug-likeness (QED) is 0.627. The molecule has 0 aliphatic carbocycles. The Morgan fingerprint density at radius 3 is 2.72 bits per heavy atom. The molecule has 0 bridgehead atoms. The lowest BCUT2D eigenvalue weighted by Gasteiger charge is -2.34. The molecule has 29 heavy (non-hydrogen) atoms. The number of anilines is 2. The number of carboxylic acid groups (broad SMARTS) is 1. The number of β-amino-alcohol motifs (C(OH)–C–C–N with tert-alkyl or cyclic N) is 1. The standard InChI is InChI=1S/C23H29FN2O3/c1-15(27)14-26-11-3-4-18-5-6-19(16(2)23(18)26)13-25-20-9-7-17(21(24)12-20)8-10-22(28)29/h5-7,9,12,15,25,27H,3-4,8,10-11,13-14H2,1-2H3,(H,28,29). The van der Waals surface area contributed by atoms with Crippen LogP contribution < -0.4 is 10.2 Å². The molecule has 1 aliphatic rings. The van der Waals surface area contributed by atoms with Crippen LogP contribution >= 0.6 is 0 Å². The van der Waals surface area contributed by atoms with Gasteiger partial charge in [0.05, 0.1) is 6.10 Å². The average molecular weight is 400 g/mol. The van der Waals surface area contributed by atoms with Crippen molar-refractivity contribution in [1.29, 1.82) is 0 Å². The molecule has 156 valence electrons. The number of hydrogen-bond donors (Lipinski definition) is 3. The van der Waals surface area contributed by atoms with Crippen molar-refractivity contribution < 1.29 is 19.4 Å². The third-order valence-electron chi connectivity index (χ3n) is 5.45. The van der Waals surface area contributed by atoms with Gasteiger partial charge in [-0.3, -0.25) is 4.79 Å². The monoisotopic (exact) mass is 400 g/mol. The summed E-state index contributed by atoms with van der Waals surface area (Å²) in [6, 6.07) is 9.12. The van der Waals surface area contributed by atoms with Gasteiger partial charge in [-0.15, -0.1) is 0 Å². The summed E-state index contributed by atoms with van der Waals surface area (Å²) in [6.07, 6.45) is 1.85. The SMILES string of the molecule is Cc1c(CNc2ccc(CCC(=O)O)c(F)c2)ccc2c1N(CC(C)O)CCC2. The topological polar surface area (TPSA) is 72.8 Å². The molecule has 0 fully saturated rings. The van der Waals surface area contributed by atoms with Crippen molar-refractivity contribution in [2.24, 2.45) is 0 Å². The molecule has 0 saturated carbocycles. The number of hydrogen-bond acceptors (Lipinski definition) is 4. The Morgan fingerprint density at radius 1 is 1.28 bits per heavy atom. The van der Waals surface area contributed by atoms with Gasteiger partial charge in [0, 0.05) is 37.4 Å². The van der Waals surface area contributed by atoms with E-state index in [4.69, 9.17) is 5.11 Å². The minimum absolute atomic E-state index is 0.0824. The number of nitrogens with zero attached hydrogens (tertiary/aromatic N) is 1. The maximum absolute atomic E-state index is 14.2. The van der Waals surface area contributed by atoms with E-state index in [1.807, 2.05) is 6.92 Å². The second kappa shape index (κ2) is 9.27. The van der Waals surface area contributed by atoms with Crippen LogP contribution in [0.5, 0.6) is 0 Å². The van der Waals surface area contributed by atoms with Gasteiger partial charge in [-0.1, -0.05) is 18.2 Å². The first kappa shape index (κ1) is 21.1. The van der Waals surface area contributed by atoms with Crippen molar-refractivity contribution >= 4 is 17.3 Å². The van der Waals surface area contributed by atoms with E-state index in [-0.39, 0.29) is 24.8 Å². The van der Waals surface area contributed by atoms with Crippen LogP contribution in [0.4, 0.5) is 15.8 Å². The minimum atomic E-state index is -0.931. The Labute approximate surface area is 171 Å². The van der Waals surface area contributed by atoms with Gasteiger partial charge in [0.15, 0.2) is 0 Å². The Morgan fingerprint density at radius 2 is 2.03 bits per heavy atom. The number of aryl methyl sites for hydroxylation is 2. The molecule has 2 aromatic carbocycles. The molecule has 0 spiro atoms. The summed E-state index contributed by atoms with van der Waals surface area (Å²) < 4.78 is 14.2. The molecule has 6 heteroatoms. The van der Waals surface area contributed by atoms with Crippen LogP contribution in [-0.4, -0.2) is 35.4 Å². The molecule has 1 aliphatic heterocycles. The van der Waals surface area contributed by atoms with Crippen molar-refractivity contribution in [2.75, 3.05) is 23.3 Å². The molecule has 5 nitrogen and oxygen atoms in total. The highest BCUT2D eigenvalue weighted by molar-refractivity contribution is 5.67. The average Bonchev–Trinajstić information content (AvgIpc) is 2.66. The highest BCUT2D eigenvalue weighted by Gasteiger charge is 2.21. The Bertz CT molecular complexity index is 883. The number of aliphatic hydroxyl groups is 1. The fraction of sp³-hybridized carbons (Fsp3) is 0.435. The zero-order valence-electron chi connectivity index (χ0n) is 17.0. The number of fused-ring (bicyclic) bond motifs is 1. The molecular formula is C23H29FN2O3. The fourth-order valence-corrected chi connectivity index (χ4v) is 4.00. The van der Waals surface area contributed by atoms with E-state index in [0.717, 1.165) is 24.9 Å². The van der Waals surface area contributed by atoms with E-state index in [2.05, 4.69) is 29.3 Å². The molecule has 1 atom stereocenters. The third kappa shape index (κ3) is 5.26. The molecule has 0 amide bonds. The molecular weight excluding hydrogens is 371 g/mol. The van der Waals surface area contributed by atoms with E-state index in [1.54, 1.807) is 12.1 Å². The lowest BCUT2D eigenvalue weighted by atomic mass is 9.94. The summed E-state index contributed by atoms with van der Waals surface area (Å²) in [5, 5.41) is 21.9. The molecule has 0 saturated heterocycles. The molecule has 1 unspecified atom stereocenters.